The van der Waals surface area contributed by atoms with Crippen molar-refractivity contribution in [2.24, 2.45) is 11.8 Å². The van der Waals surface area contributed by atoms with Crippen molar-refractivity contribution in [2.75, 3.05) is 23.7 Å². The zero-order valence-corrected chi connectivity index (χ0v) is 23.0. The third-order valence-electron chi connectivity index (χ3n) is 7.84. The molecule has 1 saturated heterocycles. The molecule has 1 aliphatic heterocycles. The number of nitrogens with zero attached hydrogens (tertiary/aromatic N) is 4. The summed E-state index contributed by atoms with van der Waals surface area (Å²) in [7, 11) is 0. The van der Waals surface area contributed by atoms with E-state index >= 15 is 0 Å². The van der Waals surface area contributed by atoms with E-state index in [2.05, 4.69) is 27.5 Å². The standard InChI is InChI=1S/C31H32N6O4/c1-18-10-11-21-22(7-3-9-25(21)35-28(38)24-16-19(24)2)27(18)41-29-23(8-4-13-32-29)26-12-14-33-30(36-26)34-20-6-5-15-37(17-20)31(39)40/h3-4,7-14,19-20,24H,5-6,15-17H2,1-2H3,(H,35,38)(H,39,40)(H,33,34,36)/t19-,20?,24-/m0/s1. The number of aryl methyl sites for hydroxylation is 1. The number of piperidine rings is 1. The van der Waals surface area contributed by atoms with Gasteiger partial charge in [0.25, 0.3) is 0 Å². The fourth-order valence-electron chi connectivity index (χ4n) is 5.39. The number of carbonyl (C=O) groups is 2. The normalized spacial score (nSPS) is 20.0. The number of nitrogens with one attached hydrogen (secondary N) is 2. The van der Waals surface area contributed by atoms with Gasteiger partial charge in [-0.1, -0.05) is 31.2 Å². The van der Waals surface area contributed by atoms with Gasteiger partial charge in [0.1, 0.15) is 5.75 Å². The fraction of sp³-hybridized carbons (Fsp3) is 0.323. The Bertz CT molecular complexity index is 1630. The minimum atomic E-state index is -0.918. The molecule has 1 saturated carbocycles. The molecule has 3 atom stereocenters. The number of ether oxygens (including phenoxy) is 1. The highest BCUT2D eigenvalue weighted by molar-refractivity contribution is 6.05. The minimum Gasteiger partial charge on any atom is -0.465 e. The highest BCUT2D eigenvalue weighted by atomic mass is 16.5. The highest BCUT2D eigenvalue weighted by Gasteiger charge is 2.39. The summed E-state index contributed by atoms with van der Waals surface area (Å²) in [5, 5.41) is 17.5. The van der Waals surface area contributed by atoms with Gasteiger partial charge in [-0.15, -0.1) is 0 Å². The molecule has 2 amide bonds. The summed E-state index contributed by atoms with van der Waals surface area (Å²) < 4.78 is 6.50. The first-order chi connectivity index (χ1) is 19.9. The van der Waals surface area contributed by atoms with Crippen molar-refractivity contribution in [3.63, 3.8) is 0 Å². The first-order valence-corrected chi connectivity index (χ1v) is 13.9. The van der Waals surface area contributed by atoms with E-state index in [1.54, 1.807) is 18.5 Å². The van der Waals surface area contributed by atoms with Crippen LogP contribution in [0.2, 0.25) is 0 Å². The van der Waals surface area contributed by atoms with Gasteiger partial charge in [-0.3, -0.25) is 4.79 Å². The van der Waals surface area contributed by atoms with Crippen molar-refractivity contribution >= 4 is 34.4 Å². The largest absolute Gasteiger partial charge is 0.465 e. The molecular formula is C31H32N6O4. The summed E-state index contributed by atoms with van der Waals surface area (Å²) in [6.07, 6.45) is 4.96. The highest BCUT2D eigenvalue weighted by Crippen LogP contribution is 2.41. The lowest BCUT2D eigenvalue weighted by Gasteiger charge is -2.31. The maximum absolute atomic E-state index is 12.7. The fourth-order valence-corrected chi connectivity index (χ4v) is 5.39. The van der Waals surface area contributed by atoms with Crippen LogP contribution in [-0.4, -0.2) is 56.1 Å². The van der Waals surface area contributed by atoms with Gasteiger partial charge in [0, 0.05) is 53.9 Å². The van der Waals surface area contributed by atoms with E-state index in [-0.39, 0.29) is 17.9 Å². The van der Waals surface area contributed by atoms with Crippen molar-refractivity contribution in [2.45, 2.75) is 39.2 Å². The van der Waals surface area contributed by atoms with Gasteiger partial charge in [0.2, 0.25) is 17.7 Å². The van der Waals surface area contributed by atoms with Crippen molar-refractivity contribution in [3.05, 3.63) is 66.5 Å². The van der Waals surface area contributed by atoms with E-state index in [0.29, 0.717) is 47.8 Å². The van der Waals surface area contributed by atoms with E-state index in [4.69, 9.17) is 9.72 Å². The van der Waals surface area contributed by atoms with Crippen LogP contribution in [0.4, 0.5) is 16.4 Å². The lowest BCUT2D eigenvalue weighted by molar-refractivity contribution is -0.117. The van der Waals surface area contributed by atoms with Crippen molar-refractivity contribution in [1.29, 1.82) is 0 Å². The number of likely N-dealkylation sites (tertiary alicyclic amines) is 1. The second-order valence-corrected chi connectivity index (χ2v) is 10.9. The lowest BCUT2D eigenvalue weighted by Crippen LogP contribution is -2.44. The lowest BCUT2D eigenvalue weighted by atomic mass is 10.0. The molecule has 1 unspecified atom stereocenters. The van der Waals surface area contributed by atoms with E-state index in [1.807, 2.05) is 49.4 Å². The van der Waals surface area contributed by atoms with Gasteiger partial charge in [-0.25, -0.2) is 19.7 Å². The number of fused-ring (bicyclic) bond motifs is 1. The molecule has 10 nitrogen and oxygen atoms in total. The predicted molar refractivity (Wildman–Crippen MR) is 156 cm³/mol. The van der Waals surface area contributed by atoms with Crippen LogP contribution in [0.25, 0.3) is 22.0 Å². The molecule has 10 heteroatoms. The van der Waals surface area contributed by atoms with Crippen LogP contribution in [0, 0.1) is 18.8 Å². The van der Waals surface area contributed by atoms with Gasteiger partial charge in [0.15, 0.2) is 0 Å². The summed E-state index contributed by atoms with van der Waals surface area (Å²) in [5.74, 6) is 2.01. The summed E-state index contributed by atoms with van der Waals surface area (Å²) >= 11 is 0. The molecule has 6 rings (SSSR count). The quantitative estimate of drug-likeness (QED) is 0.257. The Kier molecular flexibility index (Phi) is 7.13. The Morgan fingerprint density at radius 2 is 1.90 bits per heavy atom. The zero-order valence-electron chi connectivity index (χ0n) is 23.0. The molecule has 3 heterocycles. The molecule has 2 aromatic carbocycles. The van der Waals surface area contributed by atoms with Gasteiger partial charge in [-0.05, 0) is 61.9 Å². The number of carboxylic acid groups (broad SMARTS) is 1. The molecule has 2 aromatic heterocycles. The smallest absolute Gasteiger partial charge is 0.407 e. The van der Waals surface area contributed by atoms with Gasteiger partial charge in [0.05, 0.1) is 11.3 Å². The van der Waals surface area contributed by atoms with E-state index in [0.717, 1.165) is 41.3 Å². The summed E-state index contributed by atoms with van der Waals surface area (Å²) in [6, 6.07) is 15.2. The SMILES string of the molecule is Cc1ccc2c(NC(=O)[C@H]3C[C@@H]3C)cccc2c1Oc1ncccc1-c1ccnc(NC2CCCN(C(=O)O)C2)n1. The number of hydrogen-bond donors (Lipinski definition) is 3. The number of aromatic nitrogens is 3. The first kappa shape index (κ1) is 26.5. The van der Waals surface area contributed by atoms with E-state index < -0.39 is 6.09 Å². The van der Waals surface area contributed by atoms with E-state index in [9.17, 15) is 14.7 Å². The average molecular weight is 553 g/mol. The maximum atomic E-state index is 12.7. The molecule has 4 aromatic rings. The number of benzene rings is 2. The molecule has 3 N–H and O–H groups in total. The maximum Gasteiger partial charge on any atom is 0.407 e. The topological polar surface area (TPSA) is 130 Å². The van der Waals surface area contributed by atoms with Gasteiger partial charge in [-0.2, -0.15) is 0 Å². The second-order valence-electron chi connectivity index (χ2n) is 10.9. The number of carbonyl (C=O) groups excluding carboxylic acids is 1. The average Bonchev–Trinajstić information content (AvgIpc) is 3.72. The molecule has 0 radical (unpaired) electrons. The Morgan fingerprint density at radius 3 is 2.71 bits per heavy atom. The van der Waals surface area contributed by atoms with Crippen LogP contribution in [0.15, 0.2) is 60.9 Å². The van der Waals surface area contributed by atoms with Crippen molar-refractivity contribution in [1.82, 2.24) is 19.9 Å². The molecular weight excluding hydrogens is 520 g/mol. The number of rotatable bonds is 7. The summed E-state index contributed by atoms with van der Waals surface area (Å²) in [5.41, 5.74) is 3.00. The monoisotopic (exact) mass is 552 g/mol. The number of amides is 2. The Labute approximate surface area is 237 Å². The molecule has 210 valence electrons. The van der Waals surface area contributed by atoms with Crippen LogP contribution >= 0.6 is 0 Å². The van der Waals surface area contributed by atoms with Gasteiger partial charge < -0.3 is 25.4 Å². The minimum absolute atomic E-state index is 0.0529. The summed E-state index contributed by atoms with van der Waals surface area (Å²) in [6.45, 7) is 4.98. The van der Waals surface area contributed by atoms with Crippen molar-refractivity contribution in [3.8, 4) is 22.9 Å². The third-order valence-corrected chi connectivity index (χ3v) is 7.84. The van der Waals surface area contributed by atoms with Crippen LogP contribution in [-0.2, 0) is 4.79 Å². The van der Waals surface area contributed by atoms with Crippen LogP contribution in [0.1, 0.15) is 31.7 Å². The predicted octanol–water partition coefficient (Wildman–Crippen LogP) is 5.94. The van der Waals surface area contributed by atoms with Gasteiger partial charge >= 0.3 is 6.09 Å². The second kappa shape index (κ2) is 11.0. The molecule has 0 spiro atoms. The van der Waals surface area contributed by atoms with Crippen LogP contribution in [0.3, 0.4) is 0 Å². The zero-order chi connectivity index (χ0) is 28.5. The first-order valence-electron chi connectivity index (χ1n) is 13.9. The molecule has 2 aliphatic rings. The Morgan fingerprint density at radius 1 is 1.05 bits per heavy atom. The van der Waals surface area contributed by atoms with Crippen molar-refractivity contribution < 1.29 is 19.4 Å². The number of anilines is 2. The molecule has 0 bridgehead atoms. The van der Waals surface area contributed by atoms with Crippen LogP contribution in [0.5, 0.6) is 11.6 Å². The third kappa shape index (κ3) is 5.63. The number of hydrogen-bond acceptors (Lipinski definition) is 7. The molecule has 41 heavy (non-hydrogen) atoms. The summed E-state index contributed by atoms with van der Waals surface area (Å²) in [4.78, 5) is 39.1. The Hall–Kier alpha value is -4.73. The van der Waals surface area contributed by atoms with Crippen LogP contribution < -0.4 is 15.4 Å². The number of pyridine rings is 1. The molecule has 1 aliphatic carbocycles. The molecule has 2 fully saturated rings. The Balaban J connectivity index is 1.28. The van der Waals surface area contributed by atoms with E-state index in [1.165, 1.54) is 4.90 Å².